The lowest BCUT2D eigenvalue weighted by Crippen LogP contribution is -2.30. The first kappa shape index (κ1) is 15.6. The van der Waals surface area contributed by atoms with Crippen LogP contribution in [-0.2, 0) is 10.8 Å². The first-order chi connectivity index (χ1) is 7.85. The Bertz CT molecular complexity index is 402. The monoisotopic (exact) mass is 271 g/mol. The molecule has 0 fully saturated rings. The van der Waals surface area contributed by atoms with E-state index < -0.39 is 7.94 Å². The largest absolute Gasteiger partial charge is 0.441 e. The molecule has 0 spiro atoms. The molecule has 18 heavy (non-hydrogen) atoms. The molecule has 0 aliphatic rings. The smallest absolute Gasteiger partial charge is 0.189 e. The van der Waals surface area contributed by atoms with E-state index in [4.69, 9.17) is 0 Å². The molecule has 1 aromatic rings. The lowest BCUT2D eigenvalue weighted by molar-refractivity contribution is 0.345. The van der Waals surface area contributed by atoms with Gasteiger partial charge in [-0.15, -0.1) is 0 Å². The van der Waals surface area contributed by atoms with Crippen LogP contribution < -0.4 is 5.30 Å². The predicted molar refractivity (Wildman–Crippen MR) is 77.1 cm³/mol. The molecule has 3 nitrogen and oxygen atoms in total. The summed E-state index contributed by atoms with van der Waals surface area (Å²) < 4.78 is 0. The van der Waals surface area contributed by atoms with Gasteiger partial charge in [-0.25, -0.2) is 0 Å². The minimum atomic E-state index is -4.00. The zero-order valence-electron chi connectivity index (χ0n) is 12.0. The first-order valence-electron chi connectivity index (χ1n) is 6.07. The molecule has 0 aromatic heterocycles. The highest BCUT2D eigenvalue weighted by atomic mass is 31.2. The standard InChI is InChI=1S/C14H24O3P/c1-13(2,3)10-8-7-9-11(18(15,16)17)12(10)14(4,5)6/h7-9,15-17H,1-6H3/q+1. The summed E-state index contributed by atoms with van der Waals surface area (Å²) >= 11 is 0. The van der Waals surface area contributed by atoms with Gasteiger partial charge < -0.3 is 0 Å². The second kappa shape index (κ2) is 4.57. The predicted octanol–water partition coefficient (Wildman–Crippen LogP) is 2.65. The van der Waals surface area contributed by atoms with E-state index >= 15 is 0 Å². The first-order valence-corrected chi connectivity index (χ1v) is 7.71. The van der Waals surface area contributed by atoms with E-state index in [1.165, 1.54) is 0 Å². The molecule has 4 heteroatoms. The van der Waals surface area contributed by atoms with Gasteiger partial charge in [-0.1, -0.05) is 53.7 Å². The van der Waals surface area contributed by atoms with Gasteiger partial charge in [-0.05, 0) is 22.5 Å². The zero-order chi connectivity index (χ0) is 14.4. The summed E-state index contributed by atoms with van der Waals surface area (Å²) in [5, 5.41) is 0.266. The van der Waals surface area contributed by atoms with Gasteiger partial charge in [0.1, 0.15) is 0 Å². The molecule has 0 saturated heterocycles. The van der Waals surface area contributed by atoms with E-state index in [9.17, 15) is 14.7 Å². The summed E-state index contributed by atoms with van der Waals surface area (Å²) in [5.74, 6) is 0. The third kappa shape index (κ3) is 3.30. The van der Waals surface area contributed by atoms with Crippen molar-refractivity contribution < 1.29 is 14.7 Å². The molecule has 0 atom stereocenters. The summed E-state index contributed by atoms with van der Waals surface area (Å²) in [6, 6.07) is 5.35. The Kier molecular flexibility index (Phi) is 3.96. The van der Waals surface area contributed by atoms with E-state index in [0.29, 0.717) is 0 Å². The molecule has 0 bridgehead atoms. The molecule has 0 aliphatic heterocycles. The fourth-order valence-electron chi connectivity index (χ4n) is 2.20. The third-order valence-electron chi connectivity index (χ3n) is 2.92. The molecular weight excluding hydrogens is 247 g/mol. The Morgan fingerprint density at radius 3 is 1.67 bits per heavy atom. The van der Waals surface area contributed by atoms with Crippen LogP contribution in [0.5, 0.6) is 0 Å². The Morgan fingerprint density at radius 1 is 0.833 bits per heavy atom. The van der Waals surface area contributed by atoms with Crippen molar-refractivity contribution in [1.29, 1.82) is 0 Å². The molecule has 1 aromatic carbocycles. The average Bonchev–Trinajstić information content (AvgIpc) is 2.12. The van der Waals surface area contributed by atoms with Gasteiger partial charge in [0.05, 0.1) is 0 Å². The number of hydrogen-bond donors (Lipinski definition) is 3. The van der Waals surface area contributed by atoms with Gasteiger partial charge in [-0.2, -0.15) is 14.7 Å². The van der Waals surface area contributed by atoms with Crippen molar-refractivity contribution in [2.24, 2.45) is 0 Å². The van der Waals surface area contributed by atoms with Crippen LogP contribution in [0.1, 0.15) is 52.7 Å². The van der Waals surface area contributed by atoms with Crippen LogP contribution in [0.15, 0.2) is 18.2 Å². The number of hydrogen-bond acceptors (Lipinski definition) is 3. The summed E-state index contributed by atoms with van der Waals surface area (Å²) in [4.78, 5) is 28.9. The molecule has 3 N–H and O–H groups in total. The molecular formula is C14H24O3P+. The quantitative estimate of drug-likeness (QED) is 0.688. The van der Waals surface area contributed by atoms with Gasteiger partial charge in [0.25, 0.3) is 0 Å². The fraction of sp³-hybridized carbons (Fsp3) is 0.571. The Balaban J connectivity index is 3.68. The molecule has 1 rings (SSSR count). The van der Waals surface area contributed by atoms with E-state index in [-0.39, 0.29) is 16.1 Å². The van der Waals surface area contributed by atoms with Crippen LogP contribution >= 0.6 is 7.94 Å². The average molecular weight is 271 g/mol. The lowest BCUT2D eigenvalue weighted by atomic mass is 9.75. The second-order valence-electron chi connectivity index (χ2n) is 6.77. The van der Waals surface area contributed by atoms with Gasteiger partial charge in [0.2, 0.25) is 0 Å². The summed E-state index contributed by atoms with van der Waals surface area (Å²) in [5.41, 5.74) is 1.49. The maximum atomic E-state index is 9.65. The van der Waals surface area contributed by atoms with Gasteiger partial charge in [0, 0.05) is 5.56 Å². The van der Waals surface area contributed by atoms with E-state index in [0.717, 1.165) is 11.1 Å². The molecule has 0 amide bonds. The van der Waals surface area contributed by atoms with Crippen molar-refractivity contribution in [3.8, 4) is 0 Å². The van der Waals surface area contributed by atoms with Crippen molar-refractivity contribution in [1.82, 2.24) is 0 Å². The molecule has 0 aliphatic carbocycles. The summed E-state index contributed by atoms with van der Waals surface area (Å²) in [6.07, 6.45) is 0. The van der Waals surface area contributed by atoms with Crippen LogP contribution in [0, 0.1) is 0 Å². The Labute approximate surface area is 110 Å². The van der Waals surface area contributed by atoms with Crippen molar-refractivity contribution in [2.45, 2.75) is 52.4 Å². The molecule has 0 unspecified atom stereocenters. The molecule has 0 heterocycles. The Morgan fingerprint density at radius 2 is 1.33 bits per heavy atom. The highest BCUT2D eigenvalue weighted by Gasteiger charge is 2.42. The highest BCUT2D eigenvalue weighted by Crippen LogP contribution is 2.47. The highest BCUT2D eigenvalue weighted by molar-refractivity contribution is 7.66. The molecule has 0 saturated carbocycles. The number of benzene rings is 1. The fourth-order valence-corrected chi connectivity index (χ4v) is 3.25. The van der Waals surface area contributed by atoms with E-state index in [2.05, 4.69) is 20.8 Å². The van der Waals surface area contributed by atoms with Gasteiger partial charge in [0.15, 0.2) is 5.30 Å². The maximum Gasteiger partial charge on any atom is 0.441 e. The van der Waals surface area contributed by atoms with Crippen molar-refractivity contribution >= 4 is 13.2 Å². The van der Waals surface area contributed by atoms with Gasteiger partial charge in [-0.3, -0.25) is 0 Å². The van der Waals surface area contributed by atoms with E-state index in [1.54, 1.807) is 12.1 Å². The van der Waals surface area contributed by atoms with Gasteiger partial charge >= 0.3 is 7.94 Å². The van der Waals surface area contributed by atoms with Crippen LogP contribution in [0.4, 0.5) is 0 Å². The minimum absolute atomic E-state index is 0.117. The maximum absolute atomic E-state index is 9.65. The minimum Gasteiger partial charge on any atom is -0.189 e. The molecule has 102 valence electrons. The van der Waals surface area contributed by atoms with Crippen LogP contribution in [0.25, 0.3) is 0 Å². The SMILES string of the molecule is CC(C)(C)c1cccc([P+](O)(O)O)c1C(C)(C)C. The molecule has 0 radical (unpaired) electrons. The van der Waals surface area contributed by atoms with Crippen molar-refractivity contribution in [2.75, 3.05) is 0 Å². The number of rotatable bonds is 1. The summed E-state index contributed by atoms with van der Waals surface area (Å²) in [7, 11) is -4.00. The second-order valence-corrected chi connectivity index (χ2v) is 8.39. The van der Waals surface area contributed by atoms with Crippen molar-refractivity contribution in [3.63, 3.8) is 0 Å². The van der Waals surface area contributed by atoms with Crippen LogP contribution in [0.3, 0.4) is 0 Å². The normalized spacial score (nSPS) is 13.8. The van der Waals surface area contributed by atoms with E-state index in [1.807, 2.05) is 26.8 Å². The van der Waals surface area contributed by atoms with Crippen molar-refractivity contribution in [3.05, 3.63) is 29.3 Å². The third-order valence-corrected chi connectivity index (χ3v) is 3.94. The van der Waals surface area contributed by atoms with Crippen LogP contribution in [0.2, 0.25) is 0 Å². The topological polar surface area (TPSA) is 60.7 Å². The zero-order valence-corrected chi connectivity index (χ0v) is 12.9. The Hall–Kier alpha value is -0.470. The van der Waals surface area contributed by atoms with Crippen LogP contribution in [-0.4, -0.2) is 14.7 Å². The lowest BCUT2D eigenvalue weighted by Gasteiger charge is -2.31. The summed E-state index contributed by atoms with van der Waals surface area (Å²) in [6.45, 7) is 12.3.